The molecule has 0 aliphatic heterocycles. The van der Waals surface area contributed by atoms with Crippen LogP contribution in [0.25, 0.3) is 0 Å². The summed E-state index contributed by atoms with van der Waals surface area (Å²) in [6.45, 7) is 2.05. The summed E-state index contributed by atoms with van der Waals surface area (Å²) in [5.41, 5.74) is 9.22. The van der Waals surface area contributed by atoms with Crippen molar-refractivity contribution in [2.45, 2.75) is 18.4 Å². The van der Waals surface area contributed by atoms with Crippen LogP contribution in [0.2, 0.25) is 0 Å². The Labute approximate surface area is 145 Å². The molecule has 122 valence electrons. The van der Waals surface area contributed by atoms with E-state index < -0.39 is 0 Å². The van der Waals surface area contributed by atoms with Crippen molar-refractivity contribution in [3.05, 3.63) is 71.5 Å². The first kappa shape index (κ1) is 16.3. The van der Waals surface area contributed by atoms with Crippen LogP contribution in [0.3, 0.4) is 0 Å². The van der Waals surface area contributed by atoms with Gasteiger partial charge >= 0.3 is 0 Å². The first-order valence-electron chi connectivity index (χ1n) is 7.65. The van der Waals surface area contributed by atoms with Gasteiger partial charge in [-0.2, -0.15) is 15.0 Å². The van der Waals surface area contributed by atoms with Gasteiger partial charge in [0.25, 0.3) is 0 Å². The van der Waals surface area contributed by atoms with Gasteiger partial charge in [0.2, 0.25) is 11.9 Å². The average molecular weight is 337 g/mol. The predicted octanol–water partition coefficient (Wildman–Crippen LogP) is 3.94. The normalized spacial score (nSPS) is 10.5. The van der Waals surface area contributed by atoms with Crippen molar-refractivity contribution in [2.24, 2.45) is 0 Å². The molecule has 3 aromatic rings. The lowest BCUT2D eigenvalue weighted by Crippen LogP contribution is -2.06. The highest BCUT2D eigenvalue weighted by Gasteiger charge is 2.05. The van der Waals surface area contributed by atoms with E-state index in [9.17, 15) is 0 Å². The van der Waals surface area contributed by atoms with Gasteiger partial charge in [0, 0.05) is 11.4 Å². The van der Waals surface area contributed by atoms with E-state index in [1.54, 1.807) is 11.8 Å². The Kier molecular flexibility index (Phi) is 5.28. The molecule has 0 radical (unpaired) electrons. The van der Waals surface area contributed by atoms with Crippen LogP contribution in [0.5, 0.6) is 0 Å². The number of thioether (sulfide) groups is 1. The third-order valence-electron chi connectivity index (χ3n) is 3.35. The zero-order valence-electron chi connectivity index (χ0n) is 13.4. The van der Waals surface area contributed by atoms with Crippen LogP contribution in [0.15, 0.2) is 54.6 Å². The van der Waals surface area contributed by atoms with Crippen molar-refractivity contribution < 1.29 is 0 Å². The monoisotopic (exact) mass is 337 g/mol. The maximum atomic E-state index is 5.81. The Balaban J connectivity index is 1.64. The molecule has 6 heteroatoms. The molecule has 1 aromatic heterocycles. The SMILES string of the molecule is Cc1ccc(Nc2nc(N)nc(CSCc3ccccc3)n2)cc1. The number of nitrogens with one attached hydrogen (secondary N) is 1. The topological polar surface area (TPSA) is 76.7 Å². The number of nitrogen functional groups attached to an aromatic ring is 1. The highest BCUT2D eigenvalue weighted by Crippen LogP contribution is 2.18. The molecule has 3 N–H and O–H groups in total. The van der Waals surface area contributed by atoms with E-state index in [0.717, 1.165) is 11.4 Å². The van der Waals surface area contributed by atoms with Crippen molar-refractivity contribution in [1.29, 1.82) is 0 Å². The maximum absolute atomic E-state index is 5.81. The molecular formula is C18H19N5S. The van der Waals surface area contributed by atoms with Gasteiger partial charge in [-0.3, -0.25) is 0 Å². The van der Waals surface area contributed by atoms with Gasteiger partial charge in [0.1, 0.15) is 5.82 Å². The Morgan fingerprint density at radius 3 is 2.42 bits per heavy atom. The molecular weight excluding hydrogens is 318 g/mol. The van der Waals surface area contributed by atoms with Crippen molar-refractivity contribution in [3.8, 4) is 0 Å². The number of hydrogen-bond donors (Lipinski definition) is 2. The van der Waals surface area contributed by atoms with Crippen LogP contribution in [0.4, 0.5) is 17.6 Å². The number of anilines is 3. The summed E-state index contributed by atoms with van der Waals surface area (Å²) in [5, 5.41) is 3.17. The van der Waals surface area contributed by atoms with E-state index in [0.29, 0.717) is 17.5 Å². The smallest absolute Gasteiger partial charge is 0.232 e. The quantitative estimate of drug-likeness (QED) is 0.709. The van der Waals surface area contributed by atoms with E-state index in [1.807, 2.05) is 49.4 Å². The molecule has 0 fully saturated rings. The lowest BCUT2D eigenvalue weighted by Gasteiger charge is -2.07. The second kappa shape index (κ2) is 7.79. The van der Waals surface area contributed by atoms with E-state index in [4.69, 9.17) is 5.73 Å². The zero-order valence-corrected chi connectivity index (χ0v) is 14.3. The van der Waals surface area contributed by atoms with Gasteiger partial charge in [-0.25, -0.2) is 0 Å². The molecule has 1 heterocycles. The third kappa shape index (κ3) is 4.70. The number of aryl methyl sites for hydroxylation is 1. The Morgan fingerprint density at radius 1 is 0.917 bits per heavy atom. The highest BCUT2D eigenvalue weighted by molar-refractivity contribution is 7.97. The molecule has 0 atom stereocenters. The number of hydrogen-bond acceptors (Lipinski definition) is 6. The zero-order chi connectivity index (χ0) is 16.8. The van der Waals surface area contributed by atoms with Gasteiger partial charge < -0.3 is 11.1 Å². The largest absolute Gasteiger partial charge is 0.368 e. The number of nitrogens with zero attached hydrogens (tertiary/aromatic N) is 3. The second-order valence-electron chi connectivity index (χ2n) is 5.40. The van der Waals surface area contributed by atoms with E-state index >= 15 is 0 Å². The van der Waals surface area contributed by atoms with Crippen LogP contribution in [-0.2, 0) is 11.5 Å². The van der Waals surface area contributed by atoms with E-state index in [1.165, 1.54) is 11.1 Å². The molecule has 0 unspecified atom stereocenters. The molecule has 2 aromatic carbocycles. The van der Waals surface area contributed by atoms with Gasteiger partial charge in [0.05, 0.1) is 5.75 Å². The molecule has 0 bridgehead atoms. The molecule has 0 saturated heterocycles. The molecule has 0 amide bonds. The van der Waals surface area contributed by atoms with Crippen molar-refractivity contribution >= 4 is 29.3 Å². The minimum atomic E-state index is 0.231. The molecule has 0 aliphatic rings. The van der Waals surface area contributed by atoms with E-state index in [-0.39, 0.29) is 5.95 Å². The molecule has 0 saturated carbocycles. The minimum absolute atomic E-state index is 0.231. The van der Waals surface area contributed by atoms with Gasteiger partial charge in [-0.05, 0) is 24.6 Å². The molecule has 0 spiro atoms. The number of nitrogens with two attached hydrogens (primary N) is 1. The third-order valence-corrected chi connectivity index (χ3v) is 4.35. The number of rotatable bonds is 6. The Hall–Kier alpha value is -2.60. The summed E-state index contributed by atoms with van der Waals surface area (Å²) in [4.78, 5) is 12.8. The van der Waals surface area contributed by atoms with Gasteiger partial charge in [-0.15, -0.1) is 11.8 Å². The summed E-state index contributed by atoms with van der Waals surface area (Å²) in [7, 11) is 0. The van der Waals surface area contributed by atoms with Crippen LogP contribution < -0.4 is 11.1 Å². The Morgan fingerprint density at radius 2 is 1.67 bits per heavy atom. The lowest BCUT2D eigenvalue weighted by molar-refractivity contribution is 0.982. The van der Waals surface area contributed by atoms with Gasteiger partial charge in [-0.1, -0.05) is 48.0 Å². The summed E-state index contributed by atoms with van der Waals surface area (Å²) in [5.74, 6) is 2.98. The molecule has 24 heavy (non-hydrogen) atoms. The Bertz CT molecular complexity index is 790. The van der Waals surface area contributed by atoms with Crippen LogP contribution in [0, 0.1) is 6.92 Å². The maximum Gasteiger partial charge on any atom is 0.232 e. The van der Waals surface area contributed by atoms with Crippen LogP contribution >= 0.6 is 11.8 Å². The summed E-state index contributed by atoms with van der Waals surface area (Å²) in [6, 6.07) is 18.4. The van der Waals surface area contributed by atoms with Crippen LogP contribution in [-0.4, -0.2) is 15.0 Å². The lowest BCUT2D eigenvalue weighted by atomic mass is 10.2. The first-order valence-corrected chi connectivity index (χ1v) is 8.80. The second-order valence-corrected chi connectivity index (χ2v) is 6.39. The standard InChI is InChI=1S/C18H19N5S/c1-13-7-9-15(10-8-13)20-18-22-16(21-17(19)23-18)12-24-11-14-5-3-2-4-6-14/h2-10H,11-12H2,1H3,(H3,19,20,21,22,23). The van der Waals surface area contributed by atoms with Crippen molar-refractivity contribution in [1.82, 2.24) is 15.0 Å². The highest BCUT2D eigenvalue weighted by atomic mass is 32.2. The van der Waals surface area contributed by atoms with Gasteiger partial charge in [0.15, 0.2) is 0 Å². The first-order chi connectivity index (χ1) is 11.7. The number of benzene rings is 2. The fourth-order valence-corrected chi connectivity index (χ4v) is 3.00. The molecule has 3 rings (SSSR count). The predicted molar refractivity (Wildman–Crippen MR) is 100 cm³/mol. The van der Waals surface area contributed by atoms with Crippen molar-refractivity contribution in [2.75, 3.05) is 11.1 Å². The summed E-state index contributed by atoms with van der Waals surface area (Å²) >= 11 is 1.75. The fraction of sp³-hybridized carbons (Fsp3) is 0.167. The average Bonchev–Trinajstić information content (AvgIpc) is 2.57. The molecule has 0 aliphatic carbocycles. The summed E-state index contributed by atoms with van der Waals surface area (Å²) in [6.07, 6.45) is 0. The van der Waals surface area contributed by atoms with Crippen molar-refractivity contribution in [3.63, 3.8) is 0 Å². The minimum Gasteiger partial charge on any atom is -0.368 e. The fourth-order valence-electron chi connectivity index (χ4n) is 2.16. The molecule has 5 nitrogen and oxygen atoms in total. The summed E-state index contributed by atoms with van der Waals surface area (Å²) < 4.78 is 0. The number of aromatic nitrogens is 3. The van der Waals surface area contributed by atoms with Crippen LogP contribution in [0.1, 0.15) is 17.0 Å². The van der Waals surface area contributed by atoms with E-state index in [2.05, 4.69) is 32.4 Å².